The van der Waals surface area contributed by atoms with Gasteiger partial charge in [-0.2, -0.15) is 10.5 Å². The van der Waals surface area contributed by atoms with Gasteiger partial charge in [0.05, 0.1) is 22.6 Å². The van der Waals surface area contributed by atoms with E-state index in [-0.39, 0.29) is 23.8 Å². The van der Waals surface area contributed by atoms with Crippen LogP contribution in [0.4, 0.5) is 0 Å². The van der Waals surface area contributed by atoms with Crippen molar-refractivity contribution < 1.29 is 14.3 Å². The van der Waals surface area contributed by atoms with Crippen LogP contribution >= 0.6 is 11.6 Å². The van der Waals surface area contributed by atoms with Gasteiger partial charge in [-0.05, 0) is 30.2 Å². The molecule has 0 radical (unpaired) electrons. The van der Waals surface area contributed by atoms with E-state index in [1.54, 1.807) is 30.3 Å². The van der Waals surface area contributed by atoms with E-state index in [1.165, 1.54) is 0 Å². The molecule has 0 amide bonds. The average molecular weight is 432 g/mol. The topological polar surface area (TPSA) is 109 Å². The molecule has 0 bridgehead atoms. The average Bonchev–Trinajstić information content (AvgIpc) is 2.77. The zero-order valence-electron chi connectivity index (χ0n) is 16.5. The van der Waals surface area contributed by atoms with Crippen molar-refractivity contribution in [2.45, 2.75) is 31.8 Å². The molecule has 2 aliphatic rings. The molecular formula is C24H18ClN3O3. The van der Waals surface area contributed by atoms with Crippen molar-refractivity contribution in [3.8, 4) is 17.9 Å². The SMILES string of the molecule is N#CC1=C(N)OC2=C(C(=O)CCC2)[C@H]1c1ccc(OCc2ccccc2C#N)c(Cl)c1. The molecule has 31 heavy (non-hydrogen) atoms. The minimum Gasteiger partial charge on any atom is -0.487 e. The summed E-state index contributed by atoms with van der Waals surface area (Å²) < 4.78 is 11.4. The number of nitrogens with zero attached hydrogens (tertiary/aromatic N) is 2. The van der Waals surface area contributed by atoms with Gasteiger partial charge >= 0.3 is 0 Å². The van der Waals surface area contributed by atoms with Gasteiger partial charge in [0, 0.05) is 24.0 Å². The van der Waals surface area contributed by atoms with Crippen molar-refractivity contribution in [1.29, 1.82) is 10.5 Å². The summed E-state index contributed by atoms with van der Waals surface area (Å²) in [5, 5.41) is 19.2. The van der Waals surface area contributed by atoms with Crippen molar-refractivity contribution in [2.24, 2.45) is 5.73 Å². The summed E-state index contributed by atoms with van der Waals surface area (Å²) >= 11 is 6.47. The van der Waals surface area contributed by atoms with Crippen LogP contribution in [-0.2, 0) is 16.1 Å². The number of allylic oxidation sites excluding steroid dienone is 3. The molecule has 0 saturated heterocycles. The highest BCUT2D eigenvalue weighted by Gasteiger charge is 2.38. The molecule has 0 saturated carbocycles. The normalized spacial score (nSPS) is 18.0. The number of hydrogen-bond donors (Lipinski definition) is 1. The Kier molecular flexibility index (Phi) is 5.66. The molecule has 2 aromatic carbocycles. The molecule has 0 aromatic heterocycles. The predicted molar refractivity (Wildman–Crippen MR) is 113 cm³/mol. The fraction of sp³-hybridized carbons (Fsp3) is 0.208. The Morgan fingerprint density at radius 3 is 2.71 bits per heavy atom. The fourth-order valence-electron chi connectivity index (χ4n) is 3.91. The molecule has 1 heterocycles. The Morgan fingerprint density at radius 1 is 1.16 bits per heavy atom. The lowest BCUT2D eigenvalue weighted by Crippen LogP contribution is -2.27. The van der Waals surface area contributed by atoms with Gasteiger partial charge in [-0.15, -0.1) is 0 Å². The Labute approximate surface area is 184 Å². The minimum atomic E-state index is -0.618. The predicted octanol–water partition coefficient (Wildman–Crippen LogP) is 4.61. The van der Waals surface area contributed by atoms with Crippen molar-refractivity contribution in [3.05, 3.63) is 87.0 Å². The molecule has 0 fully saturated rings. The second-order valence-corrected chi connectivity index (χ2v) is 7.69. The first-order valence-electron chi connectivity index (χ1n) is 9.77. The van der Waals surface area contributed by atoms with Gasteiger partial charge in [-0.1, -0.05) is 35.9 Å². The third-order valence-corrected chi connectivity index (χ3v) is 5.71. The molecule has 2 N–H and O–H groups in total. The van der Waals surface area contributed by atoms with E-state index in [2.05, 4.69) is 12.1 Å². The standard InChI is InChI=1S/C24H18ClN3O3/c25-18-10-14(8-9-20(18)30-13-16-5-2-1-4-15(16)11-26)22-17(12-27)24(28)31-21-7-3-6-19(29)23(21)22/h1-2,4-5,8-10,22H,3,6-7,13,28H2/t22-/m0/s1. The zero-order chi connectivity index (χ0) is 22.0. The van der Waals surface area contributed by atoms with Gasteiger partial charge < -0.3 is 15.2 Å². The number of carbonyl (C=O) groups excluding carboxylic acids is 1. The molecule has 2 aromatic rings. The summed E-state index contributed by atoms with van der Waals surface area (Å²) in [6.45, 7) is 0.185. The van der Waals surface area contributed by atoms with E-state index >= 15 is 0 Å². The number of Topliss-reactive ketones (excluding diaryl/α,β-unsaturated/α-hetero) is 1. The molecule has 1 aliphatic heterocycles. The number of ketones is 1. The van der Waals surface area contributed by atoms with Gasteiger partial charge in [0.1, 0.15) is 29.8 Å². The van der Waals surface area contributed by atoms with Crippen LogP contribution in [-0.4, -0.2) is 5.78 Å². The van der Waals surface area contributed by atoms with Gasteiger partial charge in [0.15, 0.2) is 5.78 Å². The lowest BCUT2D eigenvalue weighted by atomic mass is 9.77. The van der Waals surface area contributed by atoms with Crippen LogP contribution in [0.3, 0.4) is 0 Å². The van der Waals surface area contributed by atoms with Crippen LogP contribution in [0.2, 0.25) is 5.02 Å². The maximum Gasteiger partial charge on any atom is 0.205 e. The largest absolute Gasteiger partial charge is 0.487 e. The summed E-state index contributed by atoms with van der Waals surface area (Å²) in [6, 6.07) is 16.5. The second kappa shape index (κ2) is 8.55. The lowest BCUT2D eigenvalue weighted by Gasteiger charge is -2.31. The van der Waals surface area contributed by atoms with E-state index in [9.17, 15) is 15.3 Å². The first-order chi connectivity index (χ1) is 15.0. The molecule has 154 valence electrons. The summed E-state index contributed by atoms with van der Waals surface area (Å²) in [6.07, 6.45) is 1.70. The van der Waals surface area contributed by atoms with E-state index in [0.717, 1.165) is 5.56 Å². The Balaban J connectivity index is 1.65. The summed E-state index contributed by atoms with van der Waals surface area (Å²) in [5.41, 5.74) is 8.61. The Morgan fingerprint density at radius 2 is 1.97 bits per heavy atom. The third-order valence-electron chi connectivity index (χ3n) is 5.42. The van der Waals surface area contributed by atoms with Crippen LogP contribution in [0.1, 0.15) is 41.9 Å². The number of carbonyl (C=O) groups is 1. The van der Waals surface area contributed by atoms with E-state index in [4.69, 9.17) is 26.8 Å². The summed E-state index contributed by atoms with van der Waals surface area (Å²) in [5.74, 6) is 0.321. The smallest absolute Gasteiger partial charge is 0.205 e. The summed E-state index contributed by atoms with van der Waals surface area (Å²) in [7, 11) is 0. The number of rotatable bonds is 4. The lowest BCUT2D eigenvalue weighted by molar-refractivity contribution is -0.116. The van der Waals surface area contributed by atoms with E-state index in [1.807, 2.05) is 12.1 Å². The second-order valence-electron chi connectivity index (χ2n) is 7.29. The molecule has 6 nitrogen and oxygen atoms in total. The number of benzene rings is 2. The number of halogens is 1. The molecule has 0 unspecified atom stereocenters. The third kappa shape index (κ3) is 3.86. The maximum absolute atomic E-state index is 12.7. The zero-order valence-corrected chi connectivity index (χ0v) is 17.3. The quantitative estimate of drug-likeness (QED) is 0.757. The number of nitriles is 2. The minimum absolute atomic E-state index is 0.0190. The molecular weight excluding hydrogens is 414 g/mol. The van der Waals surface area contributed by atoms with E-state index < -0.39 is 5.92 Å². The van der Waals surface area contributed by atoms with Crippen LogP contribution < -0.4 is 10.5 Å². The first kappa shape index (κ1) is 20.5. The van der Waals surface area contributed by atoms with Crippen molar-refractivity contribution >= 4 is 17.4 Å². The maximum atomic E-state index is 12.7. The number of hydrogen-bond acceptors (Lipinski definition) is 6. The van der Waals surface area contributed by atoms with Gasteiger partial charge in [-0.25, -0.2) is 0 Å². The molecule has 1 aliphatic carbocycles. The van der Waals surface area contributed by atoms with Gasteiger partial charge in [-0.3, -0.25) is 4.79 Å². The highest BCUT2D eigenvalue weighted by molar-refractivity contribution is 6.32. The number of ether oxygens (including phenoxy) is 2. The Hall–Kier alpha value is -3.74. The van der Waals surface area contributed by atoms with Gasteiger partial charge in [0.2, 0.25) is 5.88 Å². The number of nitrogens with two attached hydrogens (primary N) is 1. The first-order valence-corrected chi connectivity index (χ1v) is 10.2. The molecule has 7 heteroatoms. The fourth-order valence-corrected chi connectivity index (χ4v) is 4.16. The van der Waals surface area contributed by atoms with E-state index in [0.29, 0.717) is 52.5 Å². The highest BCUT2D eigenvalue weighted by atomic mass is 35.5. The monoisotopic (exact) mass is 431 g/mol. The molecule has 1 atom stereocenters. The van der Waals surface area contributed by atoms with Gasteiger partial charge in [0.25, 0.3) is 0 Å². The van der Waals surface area contributed by atoms with Crippen molar-refractivity contribution in [2.75, 3.05) is 0 Å². The van der Waals surface area contributed by atoms with Crippen LogP contribution in [0.25, 0.3) is 0 Å². The Bertz CT molecular complexity index is 1220. The molecule has 4 rings (SSSR count). The van der Waals surface area contributed by atoms with Crippen molar-refractivity contribution in [3.63, 3.8) is 0 Å². The van der Waals surface area contributed by atoms with Crippen LogP contribution in [0.15, 0.2) is 65.3 Å². The molecule has 0 spiro atoms. The summed E-state index contributed by atoms with van der Waals surface area (Å²) in [4.78, 5) is 12.7. The van der Waals surface area contributed by atoms with Crippen LogP contribution in [0, 0.1) is 22.7 Å². The highest BCUT2D eigenvalue weighted by Crippen LogP contribution is 2.44. The van der Waals surface area contributed by atoms with Crippen molar-refractivity contribution in [1.82, 2.24) is 0 Å². The van der Waals surface area contributed by atoms with Crippen LogP contribution in [0.5, 0.6) is 5.75 Å².